The molecule has 1 aliphatic rings. The number of hydrogen-bond donors (Lipinski definition) is 2. The van der Waals surface area contributed by atoms with E-state index >= 15 is 0 Å². The Balaban J connectivity index is 1.71. The number of ether oxygens (including phenoxy) is 1. The largest absolute Gasteiger partial charge is 0.451 e. The monoisotopic (exact) mass is 474 g/mol. The number of rotatable bonds is 7. The third kappa shape index (κ3) is 5.61. The number of aryl methyl sites for hydroxylation is 3. The lowest BCUT2D eigenvalue weighted by Crippen LogP contribution is -2.43. The Morgan fingerprint density at radius 2 is 1.82 bits per heavy atom. The van der Waals surface area contributed by atoms with Gasteiger partial charge in [0.1, 0.15) is 6.04 Å². The number of anilines is 1. The molecule has 3 rings (SSSR count). The van der Waals surface area contributed by atoms with Gasteiger partial charge in [0.15, 0.2) is 6.10 Å². The number of nitrogens with zero attached hydrogens (tertiary/aromatic N) is 1. The zero-order chi connectivity index (χ0) is 24.3. The molecule has 0 aromatic heterocycles. The van der Waals surface area contributed by atoms with E-state index in [1.54, 1.807) is 25.1 Å². The highest BCUT2D eigenvalue weighted by atomic mass is 32.2. The van der Waals surface area contributed by atoms with Crippen molar-refractivity contribution in [3.8, 4) is 0 Å². The first-order valence-electron chi connectivity index (χ1n) is 10.9. The van der Waals surface area contributed by atoms with Crippen LogP contribution in [0.1, 0.15) is 37.0 Å². The fourth-order valence-electron chi connectivity index (χ4n) is 3.65. The minimum Gasteiger partial charge on any atom is -0.451 e. The highest BCUT2D eigenvalue weighted by Gasteiger charge is 2.45. The van der Waals surface area contributed by atoms with E-state index in [1.165, 1.54) is 19.1 Å². The van der Waals surface area contributed by atoms with Crippen LogP contribution in [0.5, 0.6) is 0 Å². The van der Waals surface area contributed by atoms with Gasteiger partial charge in [-0.3, -0.25) is 9.59 Å². The molecule has 8 nitrogen and oxygen atoms in total. The van der Waals surface area contributed by atoms with Gasteiger partial charge in [-0.25, -0.2) is 8.42 Å². The second kappa shape index (κ2) is 10.0. The molecule has 0 aliphatic carbocycles. The van der Waals surface area contributed by atoms with Gasteiger partial charge in [0.25, 0.3) is 5.91 Å². The summed E-state index contributed by atoms with van der Waals surface area (Å²) in [6.07, 6.45) is -1.38. The highest BCUT2D eigenvalue weighted by Crippen LogP contribution is 2.28. The average Bonchev–Trinajstić information content (AvgIpc) is 3.18. The van der Waals surface area contributed by atoms with Gasteiger partial charge in [0.05, 0.1) is 11.0 Å². The number of carbonyl (C=O) groups is 2. The molecule has 1 fully saturated rings. The van der Waals surface area contributed by atoms with E-state index in [9.17, 15) is 23.1 Å². The van der Waals surface area contributed by atoms with Crippen molar-refractivity contribution in [3.05, 3.63) is 59.2 Å². The molecule has 2 aromatic rings. The highest BCUT2D eigenvalue weighted by molar-refractivity contribution is 7.89. The van der Waals surface area contributed by atoms with Gasteiger partial charge in [-0.2, -0.15) is 4.31 Å². The summed E-state index contributed by atoms with van der Waals surface area (Å²) in [5.41, 5.74) is 3.43. The van der Waals surface area contributed by atoms with E-state index in [0.29, 0.717) is 5.69 Å². The summed E-state index contributed by atoms with van der Waals surface area (Å²) >= 11 is 0. The molecule has 33 heavy (non-hydrogen) atoms. The predicted molar refractivity (Wildman–Crippen MR) is 124 cm³/mol. The van der Waals surface area contributed by atoms with Crippen LogP contribution < -0.4 is 5.32 Å². The Kier molecular flexibility index (Phi) is 7.56. The molecule has 3 atom stereocenters. The van der Waals surface area contributed by atoms with Crippen molar-refractivity contribution in [2.24, 2.45) is 0 Å². The first kappa shape index (κ1) is 24.9. The first-order chi connectivity index (χ1) is 15.5. The van der Waals surface area contributed by atoms with E-state index in [1.807, 2.05) is 26.0 Å². The fourth-order valence-corrected chi connectivity index (χ4v) is 5.36. The van der Waals surface area contributed by atoms with Crippen LogP contribution in [0, 0.1) is 13.8 Å². The third-order valence-corrected chi connectivity index (χ3v) is 7.75. The second-order valence-electron chi connectivity index (χ2n) is 8.34. The molecule has 0 spiro atoms. The number of carbonyl (C=O) groups excluding carboxylic acids is 2. The second-order valence-corrected chi connectivity index (χ2v) is 10.2. The van der Waals surface area contributed by atoms with Gasteiger partial charge >= 0.3 is 5.97 Å². The molecule has 2 aromatic carbocycles. The third-order valence-electron chi connectivity index (χ3n) is 5.88. The average molecular weight is 475 g/mol. The smallest absolute Gasteiger partial charge is 0.325 e. The van der Waals surface area contributed by atoms with E-state index in [2.05, 4.69) is 5.32 Å². The maximum absolute atomic E-state index is 13.2. The summed E-state index contributed by atoms with van der Waals surface area (Å²) in [6.45, 7) is 6.89. The Labute approximate surface area is 194 Å². The van der Waals surface area contributed by atoms with Crippen LogP contribution >= 0.6 is 0 Å². The van der Waals surface area contributed by atoms with Gasteiger partial charge in [-0.1, -0.05) is 25.1 Å². The number of sulfonamides is 1. The van der Waals surface area contributed by atoms with Crippen LogP contribution in [-0.4, -0.2) is 54.5 Å². The Bertz CT molecular complexity index is 1130. The summed E-state index contributed by atoms with van der Waals surface area (Å²) in [5.74, 6) is -1.40. The molecule has 3 unspecified atom stereocenters. The molecular formula is C24H30N2O6S. The number of hydrogen-bond acceptors (Lipinski definition) is 6. The van der Waals surface area contributed by atoms with Crippen molar-refractivity contribution in [1.29, 1.82) is 0 Å². The summed E-state index contributed by atoms with van der Waals surface area (Å²) < 4.78 is 32.7. The number of benzene rings is 2. The first-order valence-corrected chi connectivity index (χ1v) is 12.3. The van der Waals surface area contributed by atoms with Crippen LogP contribution in [0.4, 0.5) is 5.69 Å². The molecule has 9 heteroatoms. The van der Waals surface area contributed by atoms with Gasteiger partial charge < -0.3 is 15.2 Å². The molecular weight excluding hydrogens is 444 g/mol. The van der Waals surface area contributed by atoms with Crippen molar-refractivity contribution in [1.82, 2.24) is 4.31 Å². The van der Waals surface area contributed by atoms with Crippen LogP contribution in [0.2, 0.25) is 0 Å². The van der Waals surface area contributed by atoms with Crippen LogP contribution in [0.15, 0.2) is 47.4 Å². The molecule has 1 saturated heterocycles. The number of aliphatic hydroxyl groups is 1. The van der Waals surface area contributed by atoms with Crippen LogP contribution in [0.25, 0.3) is 0 Å². The summed E-state index contributed by atoms with van der Waals surface area (Å²) in [6, 6.07) is 10.8. The number of amides is 1. The Hall–Kier alpha value is -2.75. The van der Waals surface area contributed by atoms with Crippen molar-refractivity contribution in [3.63, 3.8) is 0 Å². The normalized spacial score (nSPS) is 19.8. The molecule has 1 heterocycles. The SMILES string of the molecule is CCc1ccc(NC(=O)C(C)OC(=O)C2CC(O)CN2S(=O)(=O)c2ccc(C)c(C)c2)cc1. The molecule has 0 saturated carbocycles. The van der Waals surface area contributed by atoms with E-state index in [0.717, 1.165) is 27.4 Å². The lowest BCUT2D eigenvalue weighted by molar-refractivity contribution is -0.156. The zero-order valence-corrected chi connectivity index (χ0v) is 20.1. The van der Waals surface area contributed by atoms with Crippen molar-refractivity contribution in [2.45, 2.75) is 63.7 Å². The molecule has 2 N–H and O–H groups in total. The lowest BCUT2D eigenvalue weighted by atomic mass is 10.1. The number of β-amino-alcohol motifs (C(OH)–C–C–N with tert-alkyl or cyclic N) is 1. The predicted octanol–water partition coefficient (Wildman–Crippen LogP) is 2.56. The summed E-state index contributed by atoms with van der Waals surface area (Å²) in [5, 5.41) is 12.8. The van der Waals surface area contributed by atoms with Gasteiger partial charge in [0.2, 0.25) is 10.0 Å². The number of esters is 1. The van der Waals surface area contributed by atoms with E-state index in [4.69, 9.17) is 4.74 Å². The molecule has 178 valence electrons. The van der Waals surface area contributed by atoms with Crippen molar-refractivity contribution < 1.29 is 27.9 Å². The quantitative estimate of drug-likeness (QED) is 0.597. The zero-order valence-electron chi connectivity index (χ0n) is 19.2. The van der Waals surface area contributed by atoms with Crippen molar-refractivity contribution in [2.75, 3.05) is 11.9 Å². The van der Waals surface area contributed by atoms with Gasteiger partial charge in [0, 0.05) is 18.7 Å². The van der Waals surface area contributed by atoms with Crippen molar-refractivity contribution >= 4 is 27.6 Å². The minimum atomic E-state index is -4.04. The molecule has 0 bridgehead atoms. The Morgan fingerprint density at radius 1 is 1.15 bits per heavy atom. The maximum Gasteiger partial charge on any atom is 0.325 e. The summed E-state index contributed by atoms with van der Waals surface area (Å²) in [7, 11) is -4.04. The minimum absolute atomic E-state index is 0.0406. The van der Waals surface area contributed by atoms with Gasteiger partial charge in [-0.15, -0.1) is 0 Å². The molecule has 1 aliphatic heterocycles. The lowest BCUT2D eigenvalue weighted by Gasteiger charge is -2.24. The molecule has 0 radical (unpaired) electrons. The summed E-state index contributed by atoms with van der Waals surface area (Å²) in [4.78, 5) is 25.4. The van der Waals surface area contributed by atoms with Gasteiger partial charge in [-0.05, 0) is 68.1 Å². The maximum atomic E-state index is 13.2. The van der Waals surface area contributed by atoms with Crippen LogP contribution in [-0.2, 0) is 30.8 Å². The molecule has 1 amide bonds. The van der Waals surface area contributed by atoms with Crippen LogP contribution in [0.3, 0.4) is 0 Å². The number of aliphatic hydroxyl groups excluding tert-OH is 1. The van der Waals surface area contributed by atoms with E-state index < -0.39 is 40.1 Å². The fraction of sp³-hybridized carbons (Fsp3) is 0.417. The number of nitrogens with one attached hydrogen (secondary N) is 1. The standard InChI is InChI=1S/C24H30N2O6S/c1-5-18-7-9-19(10-8-18)25-23(28)17(4)32-24(29)22-13-20(27)14-26(22)33(30,31)21-11-6-15(2)16(3)12-21/h6-12,17,20,22,27H,5,13-14H2,1-4H3,(H,25,28). The van der Waals surface area contributed by atoms with E-state index in [-0.39, 0.29) is 17.9 Å². The topological polar surface area (TPSA) is 113 Å². The Morgan fingerprint density at radius 3 is 2.42 bits per heavy atom.